The predicted octanol–water partition coefficient (Wildman–Crippen LogP) is 3.72. The first kappa shape index (κ1) is 18.9. The Morgan fingerprint density at radius 1 is 1.08 bits per heavy atom. The zero-order valence-corrected chi connectivity index (χ0v) is 15.6. The molecule has 0 heterocycles. The summed E-state index contributed by atoms with van der Waals surface area (Å²) in [6.07, 6.45) is 0. The van der Waals surface area contributed by atoms with E-state index >= 15 is 0 Å². The summed E-state index contributed by atoms with van der Waals surface area (Å²) in [5, 5.41) is 3.95. The maximum Gasteiger partial charge on any atom is 0.253 e. The lowest BCUT2D eigenvalue weighted by Crippen LogP contribution is -2.27. The van der Waals surface area contributed by atoms with Crippen LogP contribution in [0.4, 0.5) is 0 Å². The van der Waals surface area contributed by atoms with Gasteiger partial charge in [0.25, 0.3) is 5.91 Å². The second-order valence-corrected chi connectivity index (χ2v) is 6.73. The Hall–Kier alpha value is -2.47. The van der Waals surface area contributed by atoms with Crippen LogP contribution in [-0.4, -0.2) is 31.1 Å². The van der Waals surface area contributed by atoms with Crippen molar-refractivity contribution in [1.82, 2.24) is 5.43 Å². The van der Waals surface area contributed by atoms with Crippen molar-refractivity contribution in [2.45, 2.75) is 24.0 Å². The third-order valence-electron chi connectivity index (χ3n) is 3.56. The van der Waals surface area contributed by atoms with Gasteiger partial charge in [0.2, 0.25) is 0 Å². The minimum Gasteiger partial charge on any atom is -0.493 e. The van der Waals surface area contributed by atoms with Crippen molar-refractivity contribution in [3.63, 3.8) is 0 Å². The smallest absolute Gasteiger partial charge is 0.253 e. The molecule has 6 heteroatoms. The molecule has 0 unspecified atom stereocenters. The van der Waals surface area contributed by atoms with Crippen molar-refractivity contribution in [2.75, 3.05) is 14.2 Å². The van der Waals surface area contributed by atoms with Crippen LogP contribution in [0.1, 0.15) is 19.4 Å². The van der Waals surface area contributed by atoms with E-state index in [1.54, 1.807) is 14.2 Å². The molecule has 0 saturated heterocycles. The lowest BCUT2D eigenvalue weighted by atomic mass is 10.1. The van der Waals surface area contributed by atoms with E-state index in [-0.39, 0.29) is 11.2 Å². The van der Waals surface area contributed by atoms with Crippen molar-refractivity contribution in [3.8, 4) is 11.5 Å². The van der Waals surface area contributed by atoms with E-state index in [9.17, 15) is 4.79 Å². The number of benzene rings is 2. The van der Waals surface area contributed by atoms with Gasteiger partial charge in [-0.1, -0.05) is 18.2 Å². The molecule has 0 bridgehead atoms. The number of carbonyl (C=O) groups is 1. The minimum atomic E-state index is -0.246. The van der Waals surface area contributed by atoms with Gasteiger partial charge < -0.3 is 9.47 Å². The Morgan fingerprint density at radius 2 is 1.76 bits per heavy atom. The molecule has 5 nitrogen and oxygen atoms in total. The molecule has 0 saturated carbocycles. The van der Waals surface area contributed by atoms with Crippen LogP contribution in [-0.2, 0) is 4.79 Å². The van der Waals surface area contributed by atoms with Gasteiger partial charge in [0.15, 0.2) is 11.5 Å². The van der Waals surface area contributed by atoms with Crippen molar-refractivity contribution < 1.29 is 14.3 Å². The van der Waals surface area contributed by atoms with Crippen molar-refractivity contribution >= 4 is 23.4 Å². The SMILES string of the molecule is COc1ccc(/C(C)=N\NC(=O)[C@@H](C)Sc2ccccc2)cc1OC. The fourth-order valence-electron chi connectivity index (χ4n) is 2.11. The summed E-state index contributed by atoms with van der Waals surface area (Å²) in [6, 6.07) is 15.3. The van der Waals surface area contributed by atoms with Gasteiger partial charge in [-0.05, 0) is 44.2 Å². The normalized spacial score (nSPS) is 12.4. The Morgan fingerprint density at radius 3 is 2.40 bits per heavy atom. The van der Waals surface area contributed by atoms with Crippen molar-refractivity contribution in [1.29, 1.82) is 0 Å². The summed E-state index contributed by atoms with van der Waals surface area (Å²) >= 11 is 1.49. The molecular weight excluding hydrogens is 336 g/mol. The Balaban J connectivity index is 2.01. The van der Waals surface area contributed by atoms with E-state index in [1.807, 2.05) is 62.4 Å². The van der Waals surface area contributed by atoms with E-state index in [2.05, 4.69) is 10.5 Å². The van der Waals surface area contributed by atoms with E-state index in [0.29, 0.717) is 17.2 Å². The van der Waals surface area contributed by atoms with E-state index < -0.39 is 0 Å². The summed E-state index contributed by atoms with van der Waals surface area (Å²) < 4.78 is 10.5. The molecule has 0 aliphatic carbocycles. The summed E-state index contributed by atoms with van der Waals surface area (Å²) in [7, 11) is 3.17. The number of hydrogen-bond donors (Lipinski definition) is 1. The highest BCUT2D eigenvalue weighted by Gasteiger charge is 2.14. The number of methoxy groups -OCH3 is 2. The van der Waals surface area contributed by atoms with Crippen LogP contribution in [0.15, 0.2) is 58.5 Å². The number of rotatable bonds is 7. The Kier molecular flexibility index (Phi) is 6.89. The highest BCUT2D eigenvalue weighted by Crippen LogP contribution is 2.27. The average molecular weight is 358 g/mol. The first-order chi connectivity index (χ1) is 12.0. The first-order valence-electron chi connectivity index (χ1n) is 7.83. The van der Waals surface area contributed by atoms with Crippen molar-refractivity contribution in [3.05, 3.63) is 54.1 Å². The topological polar surface area (TPSA) is 59.9 Å². The Labute approximate surface area is 152 Å². The molecule has 0 spiro atoms. The largest absolute Gasteiger partial charge is 0.493 e. The predicted molar refractivity (Wildman–Crippen MR) is 102 cm³/mol. The molecule has 0 aliphatic heterocycles. The van der Waals surface area contributed by atoms with Crippen LogP contribution in [0.2, 0.25) is 0 Å². The fraction of sp³-hybridized carbons (Fsp3) is 0.263. The summed E-state index contributed by atoms with van der Waals surface area (Å²) in [4.78, 5) is 13.3. The number of ether oxygens (including phenoxy) is 2. The lowest BCUT2D eigenvalue weighted by molar-refractivity contribution is -0.120. The third-order valence-corrected chi connectivity index (χ3v) is 4.67. The van der Waals surface area contributed by atoms with Gasteiger partial charge in [0.05, 0.1) is 25.2 Å². The number of carbonyl (C=O) groups excluding carboxylic acids is 1. The highest BCUT2D eigenvalue weighted by molar-refractivity contribution is 8.00. The van der Waals surface area contributed by atoms with Crippen LogP contribution in [0.5, 0.6) is 11.5 Å². The number of nitrogens with one attached hydrogen (secondary N) is 1. The van der Waals surface area contributed by atoms with Crippen LogP contribution >= 0.6 is 11.8 Å². The van der Waals surface area contributed by atoms with E-state index in [1.165, 1.54) is 11.8 Å². The molecule has 0 radical (unpaired) electrons. The van der Waals surface area contributed by atoms with Gasteiger partial charge in [-0.3, -0.25) is 4.79 Å². The molecule has 132 valence electrons. The van der Waals surface area contributed by atoms with Gasteiger partial charge in [-0.2, -0.15) is 5.10 Å². The zero-order valence-electron chi connectivity index (χ0n) is 14.8. The molecule has 2 rings (SSSR count). The molecule has 1 atom stereocenters. The number of hydrogen-bond acceptors (Lipinski definition) is 5. The molecule has 0 aromatic heterocycles. The maximum atomic E-state index is 12.2. The van der Waals surface area contributed by atoms with Crippen LogP contribution in [0.3, 0.4) is 0 Å². The second kappa shape index (κ2) is 9.13. The summed E-state index contributed by atoms with van der Waals surface area (Å²) in [5.41, 5.74) is 4.16. The van der Waals surface area contributed by atoms with Crippen LogP contribution < -0.4 is 14.9 Å². The van der Waals surface area contributed by atoms with Gasteiger partial charge in [-0.25, -0.2) is 5.43 Å². The molecule has 2 aromatic rings. The number of hydrazone groups is 1. The molecule has 2 aromatic carbocycles. The third kappa shape index (κ3) is 5.26. The second-order valence-electron chi connectivity index (χ2n) is 5.32. The number of thioether (sulfide) groups is 1. The highest BCUT2D eigenvalue weighted by atomic mass is 32.2. The van der Waals surface area contributed by atoms with Crippen molar-refractivity contribution in [2.24, 2.45) is 5.10 Å². The van der Waals surface area contributed by atoms with Gasteiger partial charge in [-0.15, -0.1) is 11.8 Å². The van der Waals surface area contributed by atoms with Gasteiger partial charge in [0.1, 0.15) is 0 Å². The number of amides is 1. The van der Waals surface area contributed by atoms with Crippen LogP contribution in [0, 0.1) is 0 Å². The maximum absolute atomic E-state index is 12.2. The monoisotopic (exact) mass is 358 g/mol. The van der Waals surface area contributed by atoms with E-state index in [0.717, 1.165) is 10.5 Å². The first-order valence-corrected chi connectivity index (χ1v) is 8.71. The summed E-state index contributed by atoms with van der Waals surface area (Å²) in [6.45, 7) is 3.69. The standard InChI is InChI=1S/C19H22N2O3S/c1-13(15-10-11-17(23-3)18(12-15)24-4)20-21-19(22)14(2)25-16-8-6-5-7-9-16/h5-12,14H,1-4H3,(H,21,22)/b20-13-/t14-/m1/s1. The molecule has 1 amide bonds. The summed E-state index contributed by atoms with van der Waals surface area (Å²) in [5.74, 6) is 1.12. The van der Waals surface area contributed by atoms with Gasteiger partial charge >= 0.3 is 0 Å². The van der Waals surface area contributed by atoms with Crippen LogP contribution in [0.25, 0.3) is 0 Å². The lowest BCUT2D eigenvalue weighted by Gasteiger charge is -2.11. The average Bonchev–Trinajstić information content (AvgIpc) is 2.65. The van der Waals surface area contributed by atoms with Gasteiger partial charge in [0, 0.05) is 10.5 Å². The Bertz CT molecular complexity index is 748. The molecule has 0 fully saturated rings. The number of nitrogens with zero attached hydrogens (tertiary/aromatic N) is 1. The van der Waals surface area contributed by atoms with E-state index in [4.69, 9.17) is 9.47 Å². The zero-order chi connectivity index (χ0) is 18.2. The molecule has 0 aliphatic rings. The molecular formula is C19H22N2O3S. The molecule has 25 heavy (non-hydrogen) atoms. The quantitative estimate of drug-likeness (QED) is 0.465. The molecule has 1 N–H and O–H groups in total. The minimum absolute atomic E-state index is 0.145. The fourth-order valence-corrected chi connectivity index (χ4v) is 2.99.